The van der Waals surface area contributed by atoms with E-state index in [-0.39, 0.29) is 0 Å². The van der Waals surface area contributed by atoms with E-state index in [0.29, 0.717) is 0 Å². The topological polar surface area (TPSA) is 64.3 Å². The van der Waals surface area contributed by atoms with Gasteiger partial charge < -0.3 is 4.74 Å². The van der Waals surface area contributed by atoms with Crippen LogP contribution < -0.4 is 11.1 Å². The number of para-hydroxylation sites is 1. The minimum Gasteiger partial charge on any atom is -0.426 e. The minimum absolute atomic E-state index is 0.499. The summed E-state index contributed by atoms with van der Waals surface area (Å²) in [5.41, 5.74) is 7.08. The lowest BCUT2D eigenvalue weighted by Crippen LogP contribution is -2.28. The first-order valence-corrected chi connectivity index (χ1v) is 3.59. The average Bonchev–Trinajstić information content (AvgIpc) is 2.04. The van der Waals surface area contributed by atoms with Crippen LogP contribution in [0.4, 0.5) is 10.5 Å². The number of carbonyl (C=O) groups excluding carboxylic acids is 1. The van der Waals surface area contributed by atoms with Crippen LogP contribution in [0.25, 0.3) is 0 Å². The van der Waals surface area contributed by atoms with Gasteiger partial charge in [-0.05, 0) is 6.07 Å². The summed E-state index contributed by atoms with van der Waals surface area (Å²) < 4.78 is 4.74. The minimum atomic E-state index is -0.644. The normalized spacial score (nSPS) is 20.8. The molecule has 1 aliphatic rings. The number of anilines is 1. The molecule has 0 saturated carbocycles. The molecule has 4 nitrogen and oxygen atoms in total. The fourth-order valence-corrected chi connectivity index (χ4v) is 1.18. The summed E-state index contributed by atoms with van der Waals surface area (Å²) in [6.45, 7) is 0. The summed E-state index contributed by atoms with van der Waals surface area (Å²) in [6, 6.07) is 7.28. The molecule has 1 heterocycles. The molecule has 0 saturated heterocycles. The molecule has 0 fully saturated rings. The summed E-state index contributed by atoms with van der Waals surface area (Å²) in [4.78, 5) is 10.8. The van der Waals surface area contributed by atoms with Gasteiger partial charge in [0.2, 0.25) is 0 Å². The maximum atomic E-state index is 10.8. The predicted octanol–water partition coefficient (Wildman–Crippen LogP) is 1.21. The molecule has 1 aromatic rings. The number of cyclic esters (lactones) is 1. The Morgan fingerprint density at radius 1 is 1.42 bits per heavy atom. The Bertz CT molecular complexity index is 325. The number of ether oxygens (including phenoxy) is 1. The maximum absolute atomic E-state index is 10.8. The van der Waals surface area contributed by atoms with E-state index in [9.17, 15) is 4.79 Å². The summed E-state index contributed by atoms with van der Waals surface area (Å²) in [7, 11) is 0. The number of fused-ring (bicyclic) bond motifs is 1. The van der Waals surface area contributed by atoms with Gasteiger partial charge in [-0.15, -0.1) is 0 Å². The first-order chi connectivity index (χ1) is 5.77. The third kappa shape index (κ3) is 1.02. The fourth-order valence-electron chi connectivity index (χ4n) is 1.18. The first kappa shape index (κ1) is 7.12. The number of carbonyl (C=O) groups is 1. The van der Waals surface area contributed by atoms with E-state index in [1.54, 1.807) is 6.07 Å². The van der Waals surface area contributed by atoms with Crippen LogP contribution in [0, 0.1) is 0 Å². The average molecular weight is 164 g/mol. The molecule has 0 aliphatic carbocycles. The van der Waals surface area contributed by atoms with Crippen LogP contribution in [-0.4, -0.2) is 6.09 Å². The zero-order chi connectivity index (χ0) is 8.55. The number of benzene rings is 1. The number of nitrogens with two attached hydrogens (primary N) is 1. The molecule has 0 bridgehead atoms. The van der Waals surface area contributed by atoms with Crippen molar-refractivity contribution in [1.29, 1.82) is 0 Å². The van der Waals surface area contributed by atoms with Gasteiger partial charge in [0.15, 0.2) is 6.23 Å². The lowest BCUT2D eigenvalue weighted by Gasteiger charge is -2.22. The van der Waals surface area contributed by atoms with Crippen molar-refractivity contribution in [2.45, 2.75) is 6.23 Å². The van der Waals surface area contributed by atoms with E-state index in [4.69, 9.17) is 10.5 Å². The molecule has 1 atom stereocenters. The van der Waals surface area contributed by atoms with E-state index in [2.05, 4.69) is 5.32 Å². The van der Waals surface area contributed by atoms with Crippen molar-refractivity contribution in [2.75, 3.05) is 5.32 Å². The molecule has 0 radical (unpaired) electrons. The number of hydrogen-bond donors (Lipinski definition) is 2. The van der Waals surface area contributed by atoms with Crippen molar-refractivity contribution in [2.24, 2.45) is 5.73 Å². The quantitative estimate of drug-likeness (QED) is 0.605. The summed E-state index contributed by atoms with van der Waals surface area (Å²) >= 11 is 0. The van der Waals surface area contributed by atoms with E-state index in [1.165, 1.54) is 0 Å². The Morgan fingerprint density at radius 3 is 3.00 bits per heavy atom. The van der Waals surface area contributed by atoms with Gasteiger partial charge >= 0.3 is 6.09 Å². The van der Waals surface area contributed by atoms with Crippen molar-refractivity contribution in [3.05, 3.63) is 29.8 Å². The van der Waals surface area contributed by atoms with Crippen molar-refractivity contribution in [1.82, 2.24) is 0 Å². The van der Waals surface area contributed by atoms with Crippen molar-refractivity contribution in [3.8, 4) is 0 Å². The molecule has 0 aromatic heterocycles. The second-order valence-electron chi connectivity index (χ2n) is 2.54. The van der Waals surface area contributed by atoms with E-state index < -0.39 is 12.3 Å². The predicted molar refractivity (Wildman–Crippen MR) is 43.5 cm³/mol. The van der Waals surface area contributed by atoms with Crippen LogP contribution in [0.5, 0.6) is 0 Å². The zero-order valence-electron chi connectivity index (χ0n) is 6.28. The molecule has 12 heavy (non-hydrogen) atoms. The molecule has 1 aliphatic heterocycles. The monoisotopic (exact) mass is 164 g/mol. The third-order valence-electron chi connectivity index (χ3n) is 1.74. The summed E-state index contributed by atoms with van der Waals surface area (Å²) in [5.74, 6) is 0. The first-order valence-electron chi connectivity index (χ1n) is 3.59. The van der Waals surface area contributed by atoms with Gasteiger partial charge in [-0.2, -0.15) is 0 Å². The van der Waals surface area contributed by atoms with Gasteiger partial charge in [-0.3, -0.25) is 11.1 Å². The Hall–Kier alpha value is -1.55. The maximum Gasteiger partial charge on any atom is 0.413 e. The molecular formula is C8H8N2O2. The highest BCUT2D eigenvalue weighted by Gasteiger charge is 2.21. The van der Waals surface area contributed by atoms with E-state index in [1.807, 2.05) is 18.2 Å². The Kier molecular flexibility index (Phi) is 1.48. The molecule has 4 heteroatoms. The SMILES string of the molecule is NC1OC(=O)Nc2ccccc21. The lowest BCUT2D eigenvalue weighted by atomic mass is 10.1. The highest BCUT2D eigenvalue weighted by molar-refractivity contribution is 5.87. The summed E-state index contributed by atoms with van der Waals surface area (Å²) in [5, 5.41) is 2.55. The molecule has 1 aromatic carbocycles. The van der Waals surface area contributed by atoms with Crippen molar-refractivity contribution >= 4 is 11.8 Å². The van der Waals surface area contributed by atoms with Gasteiger partial charge in [-0.1, -0.05) is 18.2 Å². The highest BCUT2D eigenvalue weighted by atomic mass is 16.6. The number of nitrogens with one attached hydrogen (secondary N) is 1. The van der Waals surface area contributed by atoms with Crippen LogP contribution in [0.15, 0.2) is 24.3 Å². The molecule has 2 rings (SSSR count). The smallest absolute Gasteiger partial charge is 0.413 e. The lowest BCUT2D eigenvalue weighted by molar-refractivity contribution is 0.110. The van der Waals surface area contributed by atoms with Crippen LogP contribution >= 0.6 is 0 Å². The van der Waals surface area contributed by atoms with E-state index in [0.717, 1.165) is 11.3 Å². The Morgan fingerprint density at radius 2 is 2.17 bits per heavy atom. The van der Waals surface area contributed by atoms with Gasteiger partial charge in [0, 0.05) is 5.56 Å². The van der Waals surface area contributed by atoms with Gasteiger partial charge in [0.1, 0.15) is 0 Å². The molecule has 1 amide bonds. The molecule has 0 spiro atoms. The molecule has 3 N–H and O–H groups in total. The highest BCUT2D eigenvalue weighted by Crippen LogP contribution is 2.26. The number of amides is 1. The zero-order valence-corrected chi connectivity index (χ0v) is 6.28. The largest absolute Gasteiger partial charge is 0.426 e. The van der Waals surface area contributed by atoms with Crippen LogP contribution in [0.3, 0.4) is 0 Å². The third-order valence-corrected chi connectivity index (χ3v) is 1.74. The Balaban J connectivity index is 2.47. The van der Waals surface area contributed by atoms with Crippen molar-refractivity contribution in [3.63, 3.8) is 0 Å². The van der Waals surface area contributed by atoms with Crippen LogP contribution in [0.1, 0.15) is 11.8 Å². The standard InChI is InChI=1S/C8H8N2O2/c9-7-5-3-1-2-4-6(5)10-8(11)12-7/h1-4,7H,9H2,(H,10,11). The van der Waals surface area contributed by atoms with Gasteiger partial charge in [0.05, 0.1) is 5.69 Å². The molecule has 1 unspecified atom stereocenters. The fraction of sp³-hybridized carbons (Fsp3) is 0.125. The second-order valence-corrected chi connectivity index (χ2v) is 2.54. The van der Waals surface area contributed by atoms with Crippen LogP contribution in [0.2, 0.25) is 0 Å². The molecule has 62 valence electrons. The number of rotatable bonds is 0. The summed E-state index contributed by atoms with van der Waals surface area (Å²) in [6.07, 6.45) is -1.14. The Labute approximate surface area is 69.3 Å². The number of hydrogen-bond acceptors (Lipinski definition) is 3. The van der Waals surface area contributed by atoms with Gasteiger partial charge in [0.25, 0.3) is 0 Å². The van der Waals surface area contributed by atoms with E-state index >= 15 is 0 Å². The van der Waals surface area contributed by atoms with Crippen LogP contribution in [-0.2, 0) is 4.74 Å². The molecular weight excluding hydrogens is 156 g/mol. The van der Waals surface area contributed by atoms with Crippen molar-refractivity contribution < 1.29 is 9.53 Å². The van der Waals surface area contributed by atoms with Gasteiger partial charge in [-0.25, -0.2) is 4.79 Å². The second kappa shape index (κ2) is 2.49.